The SMILES string of the molecule is CCCCCCCC/C=C\CCCCCCCCP(=O)([O-])[O-].[K+].[K+]. The molecule has 0 aromatic rings. The second-order valence-electron chi connectivity index (χ2n) is 6.27. The molecule has 0 atom stereocenters. The first-order valence-corrected chi connectivity index (χ1v) is 10.9. The van der Waals surface area contributed by atoms with E-state index in [1.165, 1.54) is 57.8 Å². The van der Waals surface area contributed by atoms with Gasteiger partial charge in [-0.15, -0.1) is 0 Å². The predicted octanol–water partition coefficient (Wildman–Crippen LogP) is -1.05. The van der Waals surface area contributed by atoms with Gasteiger partial charge in [0, 0.05) is 0 Å². The van der Waals surface area contributed by atoms with E-state index in [2.05, 4.69) is 19.1 Å². The van der Waals surface area contributed by atoms with Gasteiger partial charge < -0.3 is 14.4 Å². The van der Waals surface area contributed by atoms with Crippen LogP contribution in [0.1, 0.15) is 96.8 Å². The quantitative estimate of drug-likeness (QED) is 0.142. The minimum Gasteiger partial charge on any atom is -0.811 e. The molecule has 0 N–H and O–H groups in total. The van der Waals surface area contributed by atoms with E-state index in [1.54, 1.807) is 0 Å². The molecule has 0 spiro atoms. The summed E-state index contributed by atoms with van der Waals surface area (Å²) in [6.45, 7) is 2.25. The Morgan fingerprint density at radius 2 is 1.04 bits per heavy atom. The van der Waals surface area contributed by atoms with Crippen LogP contribution in [-0.2, 0) is 4.57 Å². The fourth-order valence-corrected chi connectivity index (χ4v) is 3.16. The fourth-order valence-electron chi connectivity index (χ4n) is 2.55. The largest absolute Gasteiger partial charge is 1.00 e. The summed E-state index contributed by atoms with van der Waals surface area (Å²) in [7, 11) is -4.26. The van der Waals surface area contributed by atoms with Crippen molar-refractivity contribution in [3.63, 3.8) is 0 Å². The number of hydrogen-bond donors (Lipinski definition) is 0. The Labute approximate surface area is 235 Å². The first-order valence-electron chi connectivity index (χ1n) is 9.22. The summed E-state index contributed by atoms with van der Waals surface area (Å²) < 4.78 is 10.4. The summed E-state index contributed by atoms with van der Waals surface area (Å²) in [4.78, 5) is 20.9. The molecule has 0 aromatic carbocycles. The third kappa shape index (κ3) is 29.9. The maximum Gasteiger partial charge on any atom is 1.00 e. The average Bonchev–Trinajstić information content (AvgIpc) is 2.45. The Bertz CT molecular complexity index is 307. The minimum absolute atomic E-state index is 0. The van der Waals surface area contributed by atoms with Gasteiger partial charge in [0.05, 0.1) is 0 Å². The molecule has 0 aliphatic rings. The second kappa shape index (κ2) is 24.2. The van der Waals surface area contributed by atoms with Crippen LogP contribution in [0.3, 0.4) is 0 Å². The molecule has 0 aromatic heterocycles. The van der Waals surface area contributed by atoms with Gasteiger partial charge in [-0.3, -0.25) is 0 Å². The average molecular weight is 409 g/mol. The zero-order valence-corrected chi connectivity index (χ0v) is 23.6. The second-order valence-corrected chi connectivity index (χ2v) is 7.94. The van der Waals surface area contributed by atoms with E-state index in [0.717, 1.165) is 25.7 Å². The third-order valence-electron chi connectivity index (χ3n) is 3.94. The van der Waals surface area contributed by atoms with Crippen LogP contribution in [0.2, 0.25) is 0 Å². The molecule has 3 nitrogen and oxygen atoms in total. The van der Waals surface area contributed by atoms with Crippen molar-refractivity contribution in [3.8, 4) is 0 Å². The summed E-state index contributed by atoms with van der Waals surface area (Å²) in [5, 5.41) is 0. The van der Waals surface area contributed by atoms with Crippen molar-refractivity contribution in [3.05, 3.63) is 12.2 Å². The van der Waals surface area contributed by atoms with Crippen molar-refractivity contribution in [1.82, 2.24) is 0 Å². The Hall–Kier alpha value is 3.16. The fraction of sp³-hybridized carbons (Fsp3) is 0.889. The molecule has 0 fully saturated rings. The zero-order chi connectivity index (χ0) is 16.5. The van der Waals surface area contributed by atoms with Crippen LogP contribution >= 0.6 is 7.60 Å². The molecule has 0 saturated carbocycles. The summed E-state index contributed by atoms with van der Waals surface area (Å²) in [6.07, 6.45) is 21.0. The summed E-state index contributed by atoms with van der Waals surface area (Å²) in [5.41, 5.74) is 0. The monoisotopic (exact) mass is 408 g/mol. The van der Waals surface area contributed by atoms with E-state index in [0.29, 0.717) is 6.42 Å². The zero-order valence-electron chi connectivity index (χ0n) is 16.4. The molecule has 24 heavy (non-hydrogen) atoms. The number of rotatable bonds is 16. The van der Waals surface area contributed by atoms with E-state index in [-0.39, 0.29) is 109 Å². The van der Waals surface area contributed by atoms with Gasteiger partial charge in [-0.25, -0.2) is 0 Å². The van der Waals surface area contributed by atoms with Crippen LogP contribution in [0.15, 0.2) is 12.2 Å². The smallest absolute Gasteiger partial charge is 0.811 e. The Kier molecular flexibility index (Phi) is 32.1. The topological polar surface area (TPSA) is 63.2 Å². The van der Waals surface area contributed by atoms with Gasteiger partial charge in [-0.05, 0) is 38.3 Å². The molecule has 0 unspecified atom stereocenters. The summed E-state index contributed by atoms with van der Waals surface area (Å²) >= 11 is 0. The van der Waals surface area contributed by atoms with Crippen LogP contribution < -0.4 is 113 Å². The van der Waals surface area contributed by atoms with Crippen molar-refractivity contribution in [2.75, 3.05) is 6.16 Å². The van der Waals surface area contributed by atoms with E-state index in [1.807, 2.05) is 0 Å². The Morgan fingerprint density at radius 1 is 0.667 bits per heavy atom. The first-order chi connectivity index (χ1) is 10.6. The van der Waals surface area contributed by atoms with E-state index >= 15 is 0 Å². The standard InChI is InChI=1S/C18H37O3P.2K/c1-2-3-4-5-6-7-8-9-10-11-12-13-14-15-16-17-18-22(19,20)21;;/h9-10H,2-8,11-18H2,1H3,(H2,19,20,21);;/q;2*+1/p-2/b10-9-;;. The summed E-state index contributed by atoms with van der Waals surface area (Å²) in [5.74, 6) is 0. The molecule has 0 rings (SSSR count). The van der Waals surface area contributed by atoms with Gasteiger partial charge in [0.15, 0.2) is 0 Å². The predicted molar refractivity (Wildman–Crippen MR) is 91.9 cm³/mol. The van der Waals surface area contributed by atoms with E-state index in [9.17, 15) is 14.4 Å². The maximum atomic E-state index is 10.4. The van der Waals surface area contributed by atoms with Crippen molar-refractivity contribution in [1.29, 1.82) is 0 Å². The molecule has 0 heterocycles. The molecule has 6 heteroatoms. The normalized spacial score (nSPS) is 11.3. The maximum absolute atomic E-state index is 10.4. The van der Waals surface area contributed by atoms with Gasteiger partial charge in [0.2, 0.25) is 0 Å². The van der Waals surface area contributed by atoms with Crippen LogP contribution in [0.4, 0.5) is 0 Å². The van der Waals surface area contributed by atoms with Crippen molar-refractivity contribution < 1.29 is 117 Å². The molecule has 132 valence electrons. The molecule has 0 aliphatic carbocycles. The minimum atomic E-state index is -4.26. The van der Waals surface area contributed by atoms with Crippen molar-refractivity contribution in [2.24, 2.45) is 0 Å². The number of unbranched alkanes of at least 4 members (excludes halogenated alkanes) is 12. The Balaban J connectivity index is -0.00000220. The number of allylic oxidation sites excluding steroid dienone is 2. The van der Waals surface area contributed by atoms with Crippen molar-refractivity contribution >= 4 is 7.60 Å². The Morgan fingerprint density at radius 3 is 1.46 bits per heavy atom. The van der Waals surface area contributed by atoms with Crippen molar-refractivity contribution in [2.45, 2.75) is 96.8 Å². The van der Waals surface area contributed by atoms with E-state index in [4.69, 9.17) is 0 Å². The molecular weight excluding hydrogens is 373 g/mol. The van der Waals surface area contributed by atoms with Crippen LogP contribution in [0.5, 0.6) is 0 Å². The van der Waals surface area contributed by atoms with Crippen LogP contribution in [-0.4, -0.2) is 6.16 Å². The van der Waals surface area contributed by atoms with Gasteiger partial charge in [0.25, 0.3) is 0 Å². The summed E-state index contributed by atoms with van der Waals surface area (Å²) in [6, 6.07) is 0. The molecule has 0 bridgehead atoms. The third-order valence-corrected chi connectivity index (χ3v) is 4.81. The van der Waals surface area contributed by atoms with Gasteiger partial charge in [0.1, 0.15) is 0 Å². The van der Waals surface area contributed by atoms with Crippen LogP contribution in [0, 0.1) is 0 Å². The van der Waals surface area contributed by atoms with Crippen LogP contribution in [0.25, 0.3) is 0 Å². The van der Waals surface area contributed by atoms with Gasteiger partial charge in [-0.1, -0.05) is 84.5 Å². The molecule has 0 aliphatic heterocycles. The molecule has 0 radical (unpaired) electrons. The van der Waals surface area contributed by atoms with E-state index < -0.39 is 7.60 Å². The number of hydrogen-bond acceptors (Lipinski definition) is 3. The molecule has 0 amide bonds. The van der Waals surface area contributed by atoms with Gasteiger partial charge in [-0.2, -0.15) is 0 Å². The first kappa shape index (κ1) is 31.8. The molecular formula is C18H35K2O3P. The van der Waals surface area contributed by atoms with Gasteiger partial charge >= 0.3 is 103 Å². The molecule has 0 saturated heterocycles.